The van der Waals surface area contributed by atoms with Crippen LogP contribution in [0.25, 0.3) is 0 Å². The number of rotatable bonds is 2. The maximum Gasteiger partial charge on any atom is 0.244 e. The standard InChI is InChI=1S/C12H15NO4S/c1-8-4-5-11(17-3)10(6-8)13-12(14)9(2)7-18(13,15)16/h4-6,9H,7H2,1-3H3. The quantitative estimate of drug-likeness (QED) is 0.812. The van der Waals surface area contributed by atoms with Crippen LogP contribution in [-0.2, 0) is 14.8 Å². The van der Waals surface area contributed by atoms with Crippen molar-refractivity contribution < 1.29 is 17.9 Å². The van der Waals surface area contributed by atoms with E-state index in [1.54, 1.807) is 25.1 Å². The molecule has 0 N–H and O–H groups in total. The van der Waals surface area contributed by atoms with Gasteiger partial charge in [0.25, 0.3) is 0 Å². The molecule has 0 spiro atoms. The van der Waals surface area contributed by atoms with Crippen LogP contribution < -0.4 is 9.04 Å². The van der Waals surface area contributed by atoms with Crippen LogP contribution >= 0.6 is 0 Å². The number of amides is 1. The Bertz CT molecular complexity index is 594. The Hall–Kier alpha value is -1.56. The summed E-state index contributed by atoms with van der Waals surface area (Å²) in [7, 11) is -2.13. The van der Waals surface area contributed by atoms with Crippen LogP contribution in [0, 0.1) is 12.8 Å². The first-order valence-electron chi connectivity index (χ1n) is 5.58. The molecule has 1 aliphatic heterocycles. The van der Waals surface area contributed by atoms with Gasteiger partial charge in [-0.25, -0.2) is 12.7 Å². The van der Waals surface area contributed by atoms with E-state index in [2.05, 4.69) is 0 Å². The molecule has 1 fully saturated rings. The summed E-state index contributed by atoms with van der Waals surface area (Å²) in [5.41, 5.74) is 1.17. The third-order valence-corrected chi connectivity index (χ3v) is 4.77. The monoisotopic (exact) mass is 269 g/mol. The van der Waals surface area contributed by atoms with E-state index in [1.165, 1.54) is 7.11 Å². The van der Waals surface area contributed by atoms with Gasteiger partial charge < -0.3 is 4.74 Å². The highest BCUT2D eigenvalue weighted by Gasteiger charge is 2.43. The van der Waals surface area contributed by atoms with Gasteiger partial charge in [-0.15, -0.1) is 0 Å². The molecule has 1 aromatic carbocycles. The van der Waals surface area contributed by atoms with Crippen molar-refractivity contribution in [2.24, 2.45) is 5.92 Å². The summed E-state index contributed by atoms with van der Waals surface area (Å²) in [5.74, 6) is -0.686. The van der Waals surface area contributed by atoms with Crippen molar-refractivity contribution >= 4 is 21.6 Å². The molecule has 1 aliphatic rings. The highest BCUT2D eigenvalue weighted by molar-refractivity contribution is 7.94. The van der Waals surface area contributed by atoms with Gasteiger partial charge in [-0.1, -0.05) is 13.0 Å². The zero-order chi connectivity index (χ0) is 13.5. The zero-order valence-electron chi connectivity index (χ0n) is 10.5. The average Bonchev–Trinajstić information content (AvgIpc) is 2.48. The Morgan fingerprint density at radius 1 is 1.39 bits per heavy atom. The number of sulfonamides is 1. The minimum absolute atomic E-state index is 0.150. The smallest absolute Gasteiger partial charge is 0.244 e. The van der Waals surface area contributed by atoms with Crippen LogP contribution in [0.2, 0.25) is 0 Å². The molecular weight excluding hydrogens is 254 g/mol. The van der Waals surface area contributed by atoms with Crippen molar-refractivity contribution in [1.29, 1.82) is 0 Å². The Morgan fingerprint density at radius 3 is 2.56 bits per heavy atom. The van der Waals surface area contributed by atoms with Gasteiger partial charge in [-0.3, -0.25) is 4.79 Å². The maximum absolute atomic E-state index is 12.0. The number of hydrogen-bond acceptors (Lipinski definition) is 4. The van der Waals surface area contributed by atoms with Gasteiger partial charge in [-0.2, -0.15) is 0 Å². The molecule has 0 aliphatic carbocycles. The molecule has 0 bridgehead atoms. The Morgan fingerprint density at radius 2 is 2.06 bits per heavy atom. The van der Waals surface area contributed by atoms with Crippen LogP contribution in [0.15, 0.2) is 18.2 Å². The fraction of sp³-hybridized carbons (Fsp3) is 0.417. The second kappa shape index (κ2) is 4.28. The van der Waals surface area contributed by atoms with Crippen LogP contribution in [0.5, 0.6) is 5.75 Å². The van der Waals surface area contributed by atoms with E-state index in [4.69, 9.17) is 4.74 Å². The molecule has 1 atom stereocenters. The summed E-state index contributed by atoms with van der Waals surface area (Å²) >= 11 is 0. The van der Waals surface area contributed by atoms with Gasteiger partial charge in [0.1, 0.15) is 11.4 Å². The Labute approximate surface area is 106 Å². The second-order valence-corrected chi connectivity index (χ2v) is 6.32. The Kier molecular flexibility index (Phi) is 3.06. The number of methoxy groups -OCH3 is 1. The summed E-state index contributed by atoms with van der Waals surface area (Å²) in [5, 5.41) is 0. The number of ether oxygens (including phenoxy) is 1. The summed E-state index contributed by atoms with van der Waals surface area (Å²) in [6, 6.07) is 5.11. The predicted molar refractivity (Wildman–Crippen MR) is 68.2 cm³/mol. The van der Waals surface area contributed by atoms with Crippen molar-refractivity contribution in [3.63, 3.8) is 0 Å². The highest BCUT2D eigenvalue weighted by atomic mass is 32.2. The zero-order valence-corrected chi connectivity index (χ0v) is 11.3. The number of benzene rings is 1. The van der Waals surface area contributed by atoms with Crippen LogP contribution in [0.4, 0.5) is 5.69 Å². The van der Waals surface area contributed by atoms with Crippen molar-refractivity contribution in [3.05, 3.63) is 23.8 Å². The number of aryl methyl sites for hydroxylation is 1. The number of anilines is 1. The molecule has 18 heavy (non-hydrogen) atoms. The highest BCUT2D eigenvalue weighted by Crippen LogP contribution is 2.35. The van der Waals surface area contributed by atoms with Gasteiger partial charge >= 0.3 is 0 Å². The van der Waals surface area contributed by atoms with E-state index in [1.807, 2.05) is 6.92 Å². The molecule has 0 aromatic heterocycles. The normalized spacial score (nSPS) is 22.3. The van der Waals surface area contributed by atoms with Gasteiger partial charge in [0.05, 0.1) is 18.8 Å². The first kappa shape index (κ1) is 12.9. The van der Waals surface area contributed by atoms with E-state index in [9.17, 15) is 13.2 Å². The molecule has 0 radical (unpaired) electrons. The Balaban J connectivity index is 2.61. The van der Waals surface area contributed by atoms with Gasteiger partial charge in [0, 0.05) is 0 Å². The number of carbonyl (C=O) groups is 1. The first-order valence-corrected chi connectivity index (χ1v) is 7.19. The van der Waals surface area contributed by atoms with Crippen molar-refractivity contribution in [2.45, 2.75) is 13.8 Å². The van der Waals surface area contributed by atoms with Crippen LogP contribution in [0.3, 0.4) is 0 Å². The topological polar surface area (TPSA) is 63.7 Å². The van der Waals surface area contributed by atoms with E-state index in [0.717, 1.165) is 9.87 Å². The van der Waals surface area contributed by atoms with Crippen molar-refractivity contribution in [2.75, 3.05) is 17.2 Å². The fourth-order valence-corrected chi connectivity index (χ4v) is 3.85. The lowest BCUT2D eigenvalue weighted by molar-refractivity contribution is -0.119. The summed E-state index contributed by atoms with van der Waals surface area (Å²) in [6.07, 6.45) is 0. The molecule has 1 aromatic rings. The SMILES string of the molecule is COc1ccc(C)cc1N1C(=O)C(C)CS1(=O)=O. The van der Waals surface area contributed by atoms with Gasteiger partial charge in [0.2, 0.25) is 15.9 Å². The third-order valence-electron chi connectivity index (χ3n) is 2.91. The van der Waals surface area contributed by atoms with Crippen LogP contribution in [-0.4, -0.2) is 27.2 Å². The summed E-state index contributed by atoms with van der Waals surface area (Å²) in [6.45, 7) is 3.45. The fourth-order valence-electron chi connectivity index (χ4n) is 2.03. The lowest BCUT2D eigenvalue weighted by atomic mass is 10.1. The van der Waals surface area contributed by atoms with E-state index >= 15 is 0 Å². The van der Waals surface area contributed by atoms with Crippen LogP contribution in [0.1, 0.15) is 12.5 Å². The molecule has 1 unspecified atom stereocenters. The number of hydrogen-bond donors (Lipinski definition) is 0. The van der Waals surface area contributed by atoms with Gasteiger partial charge in [0.15, 0.2) is 0 Å². The van der Waals surface area contributed by atoms with Crippen molar-refractivity contribution in [3.8, 4) is 5.75 Å². The number of nitrogens with zero attached hydrogens (tertiary/aromatic N) is 1. The van der Waals surface area contributed by atoms with E-state index in [0.29, 0.717) is 11.4 Å². The molecule has 98 valence electrons. The van der Waals surface area contributed by atoms with Gasteiger partial charge in [-0.05, 0) is 24.6 Å². The minimum Gasteiger partial charge on any atom is -0.495 e. The lowest BCUT2D eigenvalue weighted by Gasteiger charge is -2.18. The van der Waals surface area contributed by atoms with E-state index in [-0.39, 0.29) is 5.75 Å². The molecule has 1 heterocycles. The largest absolute Gasteiger partial charge is 0.495 e. The van der Waals surface area contributed by atoms with E-state index < -0.39 is 21.8 Å². The molecule has 1 saturated heterocycles. The summed E-state index contributed by atoms with van der Waals surface area (Å²) < 4.78 is 30.0. The molecular formula is C12H15NO4S. The third kappa shape index (κ3) is 1.96. The maximum atomic E-state index is 12.0. The van der Waals surface area contributed by atoms with Crippen molar-refractivity contribution in [1.82, 2.24) is 0 Å². The summed E-state index contributed by atoms with van der Waals surface area (Å²) in [4.78, 5) is 12.0. The molecule has 0 saturated carbocycles. The molecule has 5 nitrogen and oxygen atoms in total. The molecule has 6 heteroatoms. The number of carbonyl (C=O) groups excluding carboxylic acids is 1. The average molecular weight is 269 g/mol. The molecule has 1 amide bonds. The predicted octanol–water partition coefficient (Wildman–Crippen LogP) is 1.32. The first-order chi connectivity index (χ1) is 8.36. The minimum atomic E-state index is -3.58. The second-order valence-electron chi connectivity index (χ2n) is 4.46. The lowest BCUT2D eigenvalue weighted by Crippen LogP contribution is -2.30. The molecule has 2 rings (SSSR count).